The van der Waals surface area contributed by atoms with Crippen LogP contribution in [-0.4, -0.2) is 34.1 Å². The summed E-state index contributed by atoms with van der Waals surface area (Å²) in [7, 11) is 0. The summed E-state index contributed by atoms with van der Waals surface area (Å²) in [6.45, 7) is 4.59. The van der Waals surface area contributed by atoms with Crippen molar-refractivity contribution < 1.29 is 9.84 Å². The Balaban J connectivity index is 1.41. The van der Waals surface area contributed by atoms with Gasteiger partial charge in [-0.3, -0.25) is 9.88 Å². The molecular weight excluding hydrogens is 456 g/mol. The van der Waals surface area contributed by atoms with Crippen molar-refractivity contribution in [2.45, 2.75) is 38.3 Å². The zero-order valence-electron chi connectivity index (χ0n) is 21.2. The molecule has 0 saturated carbocycles. The van der Waals surface area contributed by atoms with Crippen molar-refractivity contribution in [3.05, 3.63) is 90.6 Å². The second kappa shape index (κ2) is 9.04. The number of pyridine rings is 1. The lowest BCUT2D eigenvalue weighted by Gasteiger charge is -2.52. The molecule has 0 radical (unpaired) electrons. The number of hydrogen-bond donors (Lipinski definition) is 1. The lowest BCUT2D eigenvalue weighted by molar-refractivity contribution is -0.0480. The highest BCUT2D eigenvalue weighted by molar-refractivity contribution is 6.10. The van der Waals surface area contributed by atoms with Crippen LogP contribution in [0.1, 0.15) is 37.9 Å². The summed E-state index contributed by atoms with van der Waals surface area (Å²) in [5.74, 6) is 2.68. The third kappa shape index (κ3) is 3.82. The maximum atomic E-state index is 10.4. The van der Waals surface area contributed by atoms with Gasteiger partial charge in [0.1, 0.15) is 17.6 Å². The highest BCUT2D eigenvalue weighted by Gasteiger charge is 2.44. The molecule has 3 fully saturated rings. The van der Waals surface area contributed by atoms with E-state index >= 15 is 0 Å². The van der Waals surface area contributed by atoms with E-state index < -0.39 is 0 Å². The second-order valence-corrected chi connectivity index (χ2v) is 10.8. The molecule has 3 aliphatic heterocycles. The summed E-state index contributed by atoms with van der Waals surface area (Å²) < 4.78 is 7.18. The van der Waals surface area contributed by atoms with Crippen molar-refractivity contribution >= 4 is 32.4 Å². The first-order valence-electron chi connectivity index (χ1n) is 13.6. The molecule has 4 heteroatoms. The number of rotatable bonds is 5. The molecule has 0 spiro atoms. The molecule has 5 atom stereocenters. The monoisotopic (exact) mass is 488 g/mol. The Morgan fingerprint density at radius 1 is 0.946 bits per heavy atom. The van der Waals surface area contributed by atoms with Gasteiger partial charge >= 0.3 is 0 Å². The molecule has 5 aromatic rings. The minimum Gasteiger partial charge on any atom is -0.508 e. The lowest BCUT2D eigenvalue weighted by Crippen LogP contribution is -2.56. The van der Waals surface area contributed by atoms with Crippen molar-refractivity contribution in [1.82, 2.24) is 9.88 Å². The van der Waals surface area contributed by atoms with E-state index in [4.69, 9.17) is 4.74 Å². The van der Waals surface area contributed by atoms with Crippen LogP contribution in [0.3, 0.4) is 0 Å². The molecule has 8 rings (SSSR count). The fourth-order valence-corrected chi connectivity index (χ4v) is 6.96. The van der Waals surface area contributed by atoms with Crippen molar-refractivity contribution in [3.63, 3.8) is 0 Å². The van der Waals surface area contributed by atoms with Crippen LogP contribution >= 0.6 is 0 Å². The van der Waals surface area contributed by atoms with Crippen LogP contribution in [0.4, 0.5) is 0 Å². The van der Waals surface area contributed by atoms with Gasteiger partial charge in [-0.1, -0.05) is 61.9 Å². The number of hydrogen-bond acceptors (Lipinski definition) is 4. The zero-order chi connectivity index (χ0) is 24.9. The molecule has 3 aliphatic rings. The number of piperidine rings is 3. The summed E-state index contributed by atoms with van der Waals surface area (Å²) in [5.41, 5.74) is 1.98. The highest BCUT2D eigenvalue weighted by Crippen LogP contribution is 2.45. The largest absolute Gasteiger partial charge is 0.508 e. The number of ether oxygens (including phenoxy) is 1. The minimum atomic E-state index is -0.169. The molecule has 0 aliphatic carbocycles. The maximum Gasteiger partial charge on any atom is 0.140 e. The van der Waals surface area contributed by atoms with Crippen LogP contribution in [0.15, 0.2) is 85.1 Å². The number of nitrogens with zero attached hydrogens (tertiary/aromatic N) is 2. The molecule has 1 unspecified atom stereocenters. The normalized spacial score (nSPS) is 24.0. The molecule has 1 aromatic heterocycles. The van der Waals surface area contributed by atoms with Gasteiger partial charge in [-0.2, -0.15) is 0 Å². The van der Waals surface area contributed by atoms with Gasteiger partial charge in [-0.25, -0.2) is 0 Å². The summed E-state index contributed by atoms with van der Waals surface area (Å²) in [6, 6.07) is 27.1. The van der Waals surface area contributed by atoms with Crippen molar-refractivity contribution in [2.75, 3.05) is 13.1 Å². The van der Waals surface area contributed by atoms with Gasteiger partial charge in [-0.05, 0) is 77.7 Å². The van der Waals surface area contributed by atoms with Crippen molar-refractivity contribution in [3.8, 4) is 11.5 Å². The topological polar surface area (TPSA) is 45.6 Å². The average Bonchev–Trinajstić information content (AvgIpc) is 2.96. The molecule has 4 nitrogen and oxygen atoms in total. The first kappa shape index (κ1) is 22.6. The van der Waals surface area contributed by atoms with E-state index in [1.54, 1.807) is 6.07 Å². The molecule has 0 amide bonds. The van der Waals surface area contributed by atoms with E-state index in [-0.39, 0.29) is 17.9 Å². The van der Waals surface area contributed by atoms with E-state index in [0.717, 1.165) is 58.9 Å². The number of aromatic hydroxyl groups is 1. The molecule has 2 bridgehead atoms. The third-order valence-corrected chi connectivity index (χ3v) is 8.86. The molecule has 186 valence electrons. The minimum absolute atomic E-state index is 0.169. The lowest BCUT2D eigenvalue weighted by atomic mass is 9.72. The summed E-state index contributed by atoms with van der Waals surface area (Å²) in [5, 5.41) is 16.1. The van der Waals surface area contributed by atoms with Gasteiger partial charge in [0.2, 0.25) is 0 Å². The van der Waals surface area contributed by atoms with E-state index in [0.29, 0.717) is 0 Å². The standard InChI is InChI=1S/C33H32N2O2/c1-2-21-20-35-16-14-22(21)17-31(35)33(28-13-15-34-30-12-11-24(36)19-29(28)30)37-32-18-23-7-3-4-8-25(23)26-9-5-6-10-27(26)32/h3-13,15,18-19,21-22,31,33,36H,2,14,16-17,20H2,1H3/t21-,22-,31+,33-/m0/s1. The van der Waals surface area contributed by atoms with E-state index in [2.05, 4.69) is 77.5 Å². The highest BCUT2D eigenvalue weighted by atomic mass is 16.5. The number of aromatic nitrogens is 1. The molecular formula is C33H32N2O2. The van der Waals surface area contributed by atoms with Gasteiger partial charge in [0.15, 0.2) is 0 Å². The Labute approximate surface area is 217 Å². The van der Waals surface area contributed by atoms with Crippen LogP contribution in [-0.2, 0) is 0 Å². The van der Waals surface area contributed by atoms with Gasteiger partial charge in [0.05, 0.1) is 11.6 Å². The molecule has 37 heavy (non-hydrogen) atoms. The zero-order valence-corrected chi connectivity index (χ0v) is 21.2. The number of phenols is 1. The van der Waals surface area contributed by atoms with Crippen molar-refractivity contribution in [1.29, 1.82) is 0 Å². The summed E-state index contributed by atoms with van der Waals surface area (Å²) in [4.78, 5) is 7.27. The van der Waals surface area contributed by atoms with E-state index in [1.807, 2.05) is 18.3 Å². The molecule has 4 heterocycles. The maximum absolute atomic E-state index is 10.4. The van der Waals surface area contributed by atoms with Gasteiger partial charge < -0.3 is 9.84 Å². The van der Waals surface area contributed by atoms with Gasteiger partial charge in [0.25, 0.3) is 0 Å². The fraction of sp³-hybridized carbons (Fsp3) is 0.303. The van der Waals surface area contributed by atoms with Crippen LogP contribution in [0, 0.1) is 11.8 Å². The van der Waals surface area contributed by atoms with Crippen LogP contribution in [0.25, 0.3) is 32.4 Å². The first-order valence-corrected chi connectivity index (χ1v) is 13.6. The number of fused-ring (bicyclic) bond motifs is 7. The summed E-state index contributed by atoms with van der Waals surface area (Å²) in [6.07, 6.45) is 5.36. The molecule has 4 aromatic carbocycles. The SMILES string of the molecule is CC[C@H]1CN2CC[C@H]1C[C@@H]2[C@@H](Oc1cc2ccccc2c2ccccc12)c1ccnc2ccc(O)cc12. The fourth-order valence-electron chi connectivity index (χ4n) is 6.96. The smallest absolute Gasteiger partial charge is 0.140 e. The Bertz CT molecular complexity index is 1610. The van der Waals surface area contributed by atoms with E-state index in [9.17, 15) is 5.11 Å². The molecule has 1 N–H and O–H groups in total. The van der Waals surface area contributed by atoms with Crippen LogP contribution in [0.2, 0.25) is 0 Å². The predicted molar refractivity (Wildman–Crippen MR) is 150 cm³/mol. The van der Waals surface area contributed by atoms with Crippen LogP contribution in [0.5, 0.6) is 11.5 Å². The predicted octanol–water partition coefficient (Wildman–Crippen LogP) is 7.49. The second-order valence-electron chi connectivity index (χ2n) is 10.8. The van der Waals surface area contributed by atoms with Gasteiger partial charge in [0, 0.05) is 29.1 Å². The van der Waals surface area contributed by atoms with E-state index in [1.165, 1.54) is 29.0 Å². The Kier molecular flexibility index (Phi) is 5.51. The van der Waals surface area contributed by atoms with Crippen molar-refractivity contribution in [2.24, 2.45) is 11.8 Å². The quantitative estimate of drug-likeness (QED) is 0.260. The third-order valence-electron chi connectivity index (χ3n) is 8.86. The summed E-state index contributed by atoms with van der Waals surface area (Å²) >= 11 is 0. The first-order chi connectivity index (χ1) is 18.2. The van der Waals surface area contributed by atoms with Crippen LogP contribution < -0.4 is 4.74 Å². The Morgan fingerprint density at radius 3 is 2.57 bits per heavy atom. The number of phenolic OH excluding ortho intramolecular Hbond substituents is 1. The number of benzene rings is 4. The average molecular weight is 489 g/mol. The molecule has 3 saturated heterocycles. The Hall–Kier alpha value is -3.63. The Morgan fingerprint density at radius 2 is 1.76 bits per heavy atom. The van der Waals surface area contributed by atoms with Gasteiger partial charge in [-0.15, -0.1) is 0 Å².